The van der Waals surface area contributed by atoms with Gasteiger partial charge in [-0.3, -0.25) is 4.90 Å². The van der Waals surface area contributed by atoms with Crippen molar-refractivity contribution in [3.05, 3.63) is 65.2 Å². The van der Waals surface area contributed by atoms with Gasteiger partial charge in [-0.25, -0.2) is 0 Å². The Bertz CT molecular complexity index is 579. The van der Waals surface area contributed by atoms with Crippen LogP contribution < -0.4 is 4.74 Å². The van der Waals surface area contributed by atoms with Crippen molar-refractivity contribution in [3.8, 4) is 5.75 Å². The molecule has 110 valence electrons. The first-order chi connectivity index (χ1) is 10.3. The topological polar surface area (TPSA) is 12.5 Å². The van der Waals surface area contributed by atoms with E-state index in [1.807, 2.05) is 18.2 Å². The van der Waals surface area contributed by atoms with Crippen LogP contribution in [0, 0.1) is 0 Å². The molecule has 0 saturated heterocycles. The monoisotopic (exact) mass is 281 g/mol. The van der Waals surface area contributed by atoms with Gasteiger partial charge in [-0.15, -0.1) is 0 Å². The van der Waals surface area contributed by atoms with E-state index in [-0.39, 0.29) is 0 Å². The third-order valence-electron chi connectivity index (χ3n) is 4.06. The number of hydrogen-bond donors (Lipinski definition) is 0. The lowest BCUT2D eigenvalue weighted by Gasteiger charge is -2.28. The number of fused-ring (bicyclic) bond motifs is 1. The first kappa shape index (κ1) is 14.2. The van der Waals surface area contributed by atoms with E-state index in [0.29, 0.717) is 6.61 Å². The van der Waals surface area contributed by atoms with Crippen LogP contribution in [0.5, 0.6) is 5.75 Å². The number of hydrogen-bond acceptors (Lipinski definition) is 2. The predicted molar refractivity (Wildman–Crippen MR) is 86.5 cm³/mol. The molecule has 1 aliphatic heterocycles. The molecule has 3 rings (SSSR count). The minimum absolute atomic E-state index is 0.637. The van der Waals surface area contributed by atoms with E-state index in [9.17, 15) is 0 Å². The summed E-state index contributed by atoms with van der Waals surface area (Å²) in [4.78, 5) is 2.53. The maximum atomic E-state index is 5.93. The third-order valence-corrected chi connectivity index (χ3v) is 4.06. The van der Waals surface area contributed by atoms with Crippen LogP contribution in [0.4, 0.5) is 0 Å². The molecule has 2 heteroatoms. The summed E-state index contributed by atoms with van der Waals surface area (Å²) in [5.41, 5.74) is 4.12. The lowest BCUT2D eigenvalue weighted by atomic mass is 9.99. The summed E-state index contributed by atoms with van der Waals surface area (Å²) < 4.78 is 5.93. The maximum absolute atomic E-state index is 5.93. The summed E-state index contributed by atoms with van der Waals surface area (Å²) in [6, 6.07) is 16.9. The van der Waals surface area contributed by atoms with E-state index < -0.39 is 0 Å². The van der Waals surface area contributed by atoms with Crippen molar-refractivity contribution < 1.29 is 4.74 Å². The van der Waals surface area contributed by atoms with Gasteiger partial charge in [-0.05, 0) is 48.2 Å². The Labute approximate surface area is 127 Å². The van der Waals surface area contributed by atoms with Gasteiger partial charge in [0.25, 0.3) is 0 Å². The van der Waals surface area contributed by atoms with Gasteiger partial charge in [0.05, 0.1) is 0 Å². The number of benzene rings is 2. The molecular weight excluding hydrogens is 258 g/mol. The molecule has 0 N–H and O–H groups in total. The smallest absolute Gasteiger partial charge is 0.120 e. The van der Waals surface area contributed by atoms with Gasteiger partial charge in [0.1, 0.15) is 12.4 Å². The minimum atomic E-state index is 0.637. The molecule has 0 bridgehead atoms. The van der Waals surface area contributed by atoms with Crippen molar-refractivity contribution in [2.45, 2.75) is 32.9 Å². The van der Waals surface area contributed by atoms with E-state index in [2.05, 4.69) is 42.2 Å². The molecule has 0 atom stereocenters. The van der Waals surface area contributed by atoms with Crippen LogP contribution in [0.2, 0.25) is 0 Å². The molecule has 2 aromatic carbocycles. The van der Waals surface area contributed by atoms with Crippen molar-refractivity contribution in [1.29, 1.82) is 0 Å². The summed E-state index contributed by atoms with van der Waals surface area (Å²) in [6.07, 6.45) is 2.38. The highest BCUT2D eigenvalue weighted by Gasteiger charge is 2.15. The van der Waals surface area contributed by atoms with Gasteiger partial charge in [0.15, 0.2) is 0 Å². The molecule has 0 fully saturated rings. The van der Waals surface area contributed by atoms with Crippen molar-refractivity contribution in [1.82, 2.24) is 4.90 Å². The molecule has 2 nitrogen and oxygen atoms in total. The molecule has 1 heterocycles. The molecular formula is C19H23NO. The highest BCUT2D eigenvalue weighted by atomic mass is 16.5. The molecule has 0 aliphatic carbocycles. The molecule has 0 amide bonds. The second-order valence-corrected chi connectivity index (χ2v) is 5.73. The lowest BCUT2D eigenvalue weighted by Crippen LogP contribution is -2.31. The van der Waals surface area contributed by atoms with Gasteiger partial charge < -0.3 is 4.74 Å². The standard InChI is InChI=1S/C19H23NO/c1-2-11-20-12-10-17-8-9-19(13-18(17)14-20)21-15-16-6-4-3-5-7-16/h3-9,13H,2,10-12,14-15H2,1H3. The molecule has 0 saturated carbocycles. The van der Waals surface area contributed by atoms with Crippen molar-refractivity contribution in [2.75, 3.05) is 13.1 Å². The van der Waals surface area contributed by atoms with Crippen molar-refractivity contribution in [3.63, 3.8) is 0 Å². The van der Waals surface area contributed by atoms with Crippen molar-refractivity contribution in [2.24, 2.45) is 0 Å². The van der Waals surface area contributed by atoms with E-state index >= 15 is 0 Å². The summed E-state index contributed by atoms with van der Waals surface area (Å²) in [5, 5.41) is 0. The first-order valence-electron chi connectivity index (χ1n) is 7.86. The molecule has 2 aromatic rings. The quantitative estimate of drug-likeness (QED) is 0.820. The Morgan fingerprint density at radius 2 is 1.90 bits per heavy atom. The summed E-state index contributed by atoms with van der Waals surface area (Å²) in [7, 11) is 0. The average molecular weight is 281 g/mol. The zero-order valence-corrected chi connectivity index (χ0v) is 12.7. The Morgan fingerprint density at radius 3 is 2.71 bits per heavy atom. The van der Waals surface area contributed by atoms with Crippen molar-refractivity contribution >= 4 is 0 Å². The van der Waals surface area contributed by atoms with Crippen LogP contribution in [-0.4, -0.2) is 18.0 Å². The van der Waals surface area contributed by atoms with Crippen LogP contribution in [-0.2, 0) is 19.6 Å². The fourth-order valence-corrected chi connectivity index (χ4v) is 2.93. The zero-order valence-electron chi connectivity index (χ0n) is 12.7. The van der Waals surface area contributed by atoms with E-state index in [4.69, 9.17) is 4.74 Å². The zero-order chi connectivity index (χ0) is 14.5. The first-order valence-corrected chi connectivity index (χ1v) is 7.86. The fraction of sp³-hybridized carbons (Fsp3) is 0.368. The third kappa shape index (κ3) is 3.64. The summed E-state index contributed by atoms with van der Waals surface area (Å²) in [5.74, 6) is 0.982. The Kier molecular flexibility index (Phi) is 4.56. The van der Waals surface area contributed by atoms with Gasteiger partial charge in [-0.1, -0.05) is 43.3 Å². The largest absolute Gasteiger partial charge is 0.489 e. The van der Waals surface area contributed by atoms with Gasteiger partial charge >= 0.3 is 0 Å². The Morgan fingerprint density at radius 1 is 1.05 bits per heavy atom. The molecule has 0 spiro atoms. The summed E-state index contributed by atoms with van der Waals surface area (Å²) >= 11 is 0. The predicted octanol–water partition coefficient (Wildman–Crippen LogP) is 4.03. The van der Waals surface area contributed by atoms with E-state index in [0.717, 1.165) is 18.7 Å². The molecule has 0 unspecified atom stereocenters. The second-order valence-electron chi connectivity index (χ2n) is 5.73. The fourth-order valence-electron chi connectivity index (χ4n) is 2.93. The van der Waals surface area contributed by atoms with Crippen LogP contribution in [0.15, 0.2) is 48.5 Å². The number of nitrogens with zero attached hydrogens (tertiary/aromatic N) is 1. The van der Waals surface area contributed by atoms with Gasteiger partial charge in [-0.2, -0.15) is 0 Å². The van der Waals surface area contributed by atoms with Gasteiger partial charge in [0, 0.05) is 13.1 Å². The Balaban J connectivity index is 1.66. The van der Waals surface area contributed by atoms with E-state index in [1.165, 1.54) is 36.2 Å². The van der Waals surface area contributed by atoms with Crippen LogP contribution in [0.25, 0.3) is 0 Å². The van der Waals surface area contributed by atoms with Crippen LogP contribution >= 0.6 is 0 Å². The Hall–Kier alpha value is -1.80. The molecule has 1 aliphatic rings. The van der Waals surface area contributed by atoms with E-state index in [1.54, 1.807) is 0 Å². The lowest BCUT2D eigenvalue weighted by molar-refractivity contribution is 0.253. The highest BCUT2D eigenvalue weighted by Crippen LogP contribution is 2.24. The van der Waals surface area contributed by atoms with Crippen LogP contribution in [0.1, 0.15) is 30.0 Å². The normalized spacial score (nSPS) is 14.7. The molecule has 0 radical (unpaired) electrons. The minimum Gasteiger partial charge on any atom is -0.489 e. The second kappa shape index (κ2) is 6.77. The molecule has 0 aromatic heterocycles. The average Bonchev–Trinajstić information content (AvgIpc) is 2.54. The van der Waals surface area contributed by atoms with Gasteiger partial charge in [0.2, 0.25) is 0 Å². The van der Waals surface area contributed by atoms with Crippen LogP contribution in [0.3, 0.4) is 0 Å². The SMILES string of the molecule is CCCN1CCc2ccc(OCc3ccccc3)cc2C1. The number of ether oxygens (including phenoxy) is 1. The molecule has 21 heavy (non-hydrogen) atoms. The number of rotatable bonds is 5. The summed E-state index contributed by atoms with van der Waals surface area (Å²) in [6.45, 7) is 6.32. The highest BCUT2D eigenvalue weighted by molar-refractivity contribution is 5.37. The maximum Gasteiger partial charge on any atom is 0.120 e.